The van der Waals surface area contributed by atoms with E-state index in [9.17, 15) is 9.59 Å². The van der Waals surface area contributed by atoms with Gasteiger partial charge >= 0.3 is 11.9 Å². The molecule has 3 aliphatic rings. The second kappa shape index (κ2) is 4.07. The van der Waals surface area contributed by atoms with Gasteiger partial charge in [-0.15, -0.1) is 0 Å². The molecule has 1 spiro atoms. The highest BCUT2D eigenvalue weighted by Gasteiger charge is 2.85. The summed E-state index contributed by atoms with van der Waals surface area (Å²) in [6.45, 7) is 5.73. The fourth-order valence-corrected chi connectivity index (χ4v) is 4.00. The molecule has 1 aliphatic carbocycles. The molecule has 0 aromatic heterocycles. The summed E-state index contributed by atoms with van der Waals surface area (Å²) in [4.78, 5) is 25.4. The van der Waals surface area contributed by atoms with Crippen molar-refractivity contribution in [2.45, 2.75) is 45.3 Å². The van der Waals surface area contributed by atoms with Gasteiger partial charge in [0.15, 0.2) is 0 Å². The molecule has 3 rings (SSSR count). The summed E-state index contributed by atoms with van der Waals surface area (Å²) in [6.07, 6.45) is 5.16. The van der Waals surface area contributed by atoms with Crippen molar-refractivity contribution in [3.8, 4) is 0 Å². The standard InChI is InChI=1S/C15H20O5/c1-4-18-11(16)15(12(17)19-5-2)13(3)7-6-10(20-13)14(15)8-9-14/h6-7,10H,4-5,8-9H2,1-3H3. The van der Waals surface area contributed by atoms with Crippen LogP contribution in [0, 0.1) is 10.8 Å². The summed E-state index contributed by atoms with van der Waals surface area (Å²) >= 11 is 0. The van der Waals surface area contributed by atoms with Gasteiger partial charge in [-0.3, -0.25) is 9.59 Å². The molecule has 0 amide bonds. The molecule has 2 fully saturated rings. The van der Waals surface area contributed by atoms with Gasteiger partial charge in [-0.05, 0) is 33.6 Å². The summed E-state index contributed by atoms with van der Waals surface area (Å²) in [7, 11) is 0. The molecule has 110 valence electrons. The zero-order valence-electron chi connectivity index (χ0n) is 12.1. The van der Waals surface area contributed by atoms with E-state index in [-0.39, 0.29) is 19.3 Å². The molecule has 2 unspecified atom stereocenters. The average molecular weight is 280 g/mol. The van der Waals surface area contributed by atoms with Gasteiger partial charge in [0.25, 0.3) is 0 Å². The minimum absolute atomic E-state index is 0.193. The molecule has 0 radical (unpaired) electrons. The number of ether oxygens (including phenoxy) is 3. The lowest BCUT2D eigenvalue weighted by Gasteiger charge is -2.40. The van der Waals surface area contributed by atoms with Crippen molar-refractivity contribution in [1.82, 2.24) is 0 Å². The smallest absolute Gasteiger partial charge is 0.327 e. The Hall–Kier alpha value is -1.36. The SMILES string of the molecule is CCOC(=O)C1(C(=O)OCC)C2(C)C=CC(O2)C12CC2. The van der Waals surface area contributed by atoms with Crippen LogP contribution in [0.2, 0.25) is 0 Å². The van der Waals surface area contributed by atoms with Crippen molar-refractivity contribution in [2.75, 3.05) is 13.2 Å². The molecule has 20 heavy (non-hydrogen) atoms. The number of hydrogen-bond donors (Lipinski definition) is 0. The van der Waals surface area contributed by atoms with Crippen molar-refractivity contribution < 1.29 is 23.8 Å². The highest BCUT2D eigenvalue weighted by atomic mass is 16.6. The third-order valence-corrected chi connectivity index (χ3v) is 4.95. The highest BCUT2D eigenvalue weighted by Crippen LogP contribution is 2.74. The number of carbonyl (C=O) groups is 2. The Morgan fingerprint density at radius 2 is 1.75 bits per heavy atom. The third-order valence-electron chi connectivity index (χ3n) is 4.95. The van der Waals surface area contributed by atoms with Crippen LogP contribution in [0.5, 0.6) is 0 Å². The lowest BCUT2D eigenvalue weighted by Crippen LogP contribution is -2.59. The van der Waals surface area contributed by atoms with Crippen molar-refractivity contribution >= 4 is 11.9 Å². The van der Waals surface area contributed by atoms with Gasteiger partial charge in [-0.1, -0.05) is 12.2 Å². The van der Waals surface area contributed by atoms with E-state index in [1.54, 1.807) is 20.8 Å². The van der Waals surface area contributed by atoms with E-state index in [1.807, 2.05) is 12.2 Å². The molecule has 0 N–H and O–H groups in total. The van der Waals surface area contributed by atoms with Gasteiger partial charge in [0.05, 0.1) is 19.3 Å². The van der Waals surface area contributed by atoms with Crippen LogP contribution in [0.15, 0.2) is 12.2 Å². The molecule has 0 aromatic carbocycles. The van der Waals surface area contributed by atoms with Crippen LogP contribution in [0.25, 0.3) is 0 Å². The Kier molecular flexibility index (Phi) is 2.77. The van der Waals surface area contributed by atoms with Gasteiger partial charge in [0.1, 0.15) is 5.60 Å². The molecule has 2 aliphatic heterocycles. The van der Waals surface area contributed by atoms with Gasteiger partial charge in [-0.25, -0.2) is 0 Å². The molecule has 1 saturated heterocycles. The second-order valence-corrected chi connectivity index (χ2v) is 5.85. The Bertz CT molecular complexity index is 472. The maximum Gasteiger partial charge on any atom is 0.327 e. The summed E-state index contributed by atoms with van der Waals surface area (Å²) in [5.41, 5.74) is -2.80. The van der Waals surface area contributed by atoms with Crippen LogP contribution in [-0.4, -0.2) is 36.9 Å². The van der Waals surface area contributed by atoms with Crippen LogP contribution in [0.3, 0.4) is 0 Å². The monoisotopic (exact) mass is 280 g/mol. The van der Waals surface area contributed by atoms with E-state index in [0.717, 1.165) is 12.8 Å². The minimum atomic E-state index is -1.36. The Balaban J connectivity index is 2.13. The molecule has 1 saturated carbocycles. The first-order valence-corrected chi connectivity index (χ1v) is 7.20. The quantitative estimate of drug-likeness (QED) is 0.445. The van der Waals surface area contributed by atoms with Crippen LogP contribution in [-0.2, 0) is 23.8 Å². The molecule has 5 heteroatoms. The van der Waals surface area contributed by atoms with Crippen LogP contribution >= 0.6 is 0 Å². The largest absolute Gasteiger partial charge is 0.465 e. The molecular weight excluding hydrogens is 260 g/mol. The van der Waals surface area contributed by atoms with Gasteiger partial charge in [0.2, 0.25) is 5.41 Å². The zero-order valence-corrected chi connectivity index (χ0v) is 12.1. The van der Waals surface area contributed by atoms with E-state index in [0.29, 0.717) is 0 Å². The zero-order chi connectivity index (χ0) is 14.6. The first-order chi connectivity index (χ1) is 9.48. The summed E-state index contributed by atoms with van der Waals surface area (Å²) in [5.74, 6) is -1.02. The topological polar surface area (TPSA) is 61.8 Å². The van der Waals surface area contributed by atoms with Gasteiger partial charge < -0.3 is 14.2 Å². The first kappa shape index (κ1) is 13.6. The fourth-order valence-electron chi connectivity index (χ4n) is 4.00. The Morgan fingerprint density at radius 3 is 2.20 bits per heavy atom. The predicted octanol–water partition coefficient (Wildman–Crippen LogP) is 1.61. The number of rotatable bonds is 4. The van der Waals surface area contributed by atoms with E-state index in [4.69, 9.17) is 14.2 Å². The van der Waals surface area contributed by atoms with Crippen LogP contribution < -0.4 is 0 Å². The summed E-state index contributed by atoms with van der Waals surface area (Å²) < 4.78 is 16.4. The Labute approximate surface area is 118 Å². The van der Waals surface area contributed by atoms with E-state index >= 15 is 0 Å². The molecule has 0 aromatic rings. The first-order valence-electron chi connectivity index (χ1n) is 7.20. The lowest BCUT2D eigenvalue weighted by atomic mass is 9.60. The second-order valence-electron chi connectivity index (χ2n) is 5.85. The predicted molar refractivity (Wildman–Crippen MR) is 69.8 cm³/mol. The fraction of sp³-hybridized carbons (Fsp3) is 0.733. The average Bonchev–Trinajstić information content (AvgIpc) is 3.01. The summed E-state index contributed by atoms with van der Waals surface area (Å²) in [5, 5.41) is 0. The molecular formula is C15H20O5. The maximum atomic E-state index is 12.7. The number of fused-ring (bicyclic) bond motifs is 3. The maximum absolute atomic E-state index is 12.7. The Morgan fingerprint density at radius 1 is 1.20 bits per heavy atom. The van der Waals surface area contributed by atoms with Crippen molar-refractivity contribution in [2.24, 2.45) is 10.8 Å². The number of hydrogen-bond acceptors (Lipinski definition) is 5. The van der Waals surface area contributed by atoms with Crippen LogP contribution in [0.1, 0.15) is 33.6 Å². The number of carbonyl (C=O) groups excluding carboxylic acids is 2. The lowest BCUT2D eigenvalue weighted by molar-refractivity contribution is -0.184. The molecule has 2 bridgehead atoms. The van der Waals surface area contributed by atoms with Gasteiger partial charge in [-0.2, -0.15) is 0 Å². The van der Waals surface area contributed by atoms with Crippen LogP contribution in [0.4, 0.5) is 0 Å². The van der Waals surface area contributed by atoms with Crippen molar-refractivity contribution in [3.05, 3.63) is 12.2 Å². The van der Waals surface area contributed by atoms with Gasteiger partial charge in [0, 0.05) is 5.41 Å². The van der Waals surface area contributed by atoms with Crippen molar-refractivity contribution in [1.29, 1.82) is 0 Å². The van der Waals surface area contributed by atoms with E-state index < -0.39 is 28.4 Å². The normalized spacial score (nSPS) is 34.2. The minimum Gasteiger partial charge on any atom is -0.465 e. The molecule has 5 nitrogen and oxygen atoms in total. The van der Waals surface area contributed by atoms with E-state index in [1.165, 1.54) is 0 Å². The third kappa shape index (κ3) is 1.27. The van der Waals surface area contributed by atoms with E-state index in [2.05, 4.69) is 0 Å². The molecule has 2 atom stereocenters. The number of esters is 2. The molecule has 2 heterocycles. The highest BCUT2D eigenvalue weighted by molar-refractivity contribution is 6.04. The summed E-state index contributed by atoms with van der Waals surface area (Å²) in [6, 6.07) is 0. The van der Waals surface area contributed by atoms with Crippen molar-refractivity contribution in [3.63, 3.8) is 0 Å².